The van der Waals surface area contributed by atoms with Gasteiger partial charge in [-0.2, -0.15) is 0 Å². The van der Waals surface area contributed by atoms with Crippen LogP contribution in [0.1, 0.15) is 0 Å². The van der Waals surface area contributed by atoms with Crippen molar-refractivity contribution in [1.82, 2.24) is 4.98 Å². The van der Waals surface area contributed by atoms with Crippen molar-refractivity contribution in [2.45, 2.75) is 0 Å². The van der Waals surface area contributed by atoms with Crippen molar-refractivity contribution in [1.29, 1.82) is 0 Å². The molecule has 2 heterocycles. The lowest BCUT2D eigenvalue weighted by Gasteiger charge is -2.28. The summed E-state index contributed by atoms with van der Waals surface area (Å²) in [5.74, 6) is 0. The first kappa shape index (κ1) is 28.2. The fourth-order valence-electron chi connectivity index (χ4n) is 6.79. The SMILES string of the molecule is c1ccc(-c2ccc(N(c3cnc4sc5ccc6ccccc6c5c4c3)c3ccc(-c4ccccc4)cc3-c3ccccc3)cc2)cc1. The topological polar surface area (TPSA) is 16.1 Å². The minimum absolute atomic E-state index is 1.02. The molecule has 0 radical (unpaired) electrons. The maximum Gasteiger partial charge on any atom is 0.124 e. The van der Waals surface area contributed by atoms with Crippen LogP contribution in [0.5, 0.6) is 0 Å². The van der Waals surface area contributed by atoms with E-state index in [1.54, 1.807) is 11.3 Å². The summed E-state index contributed by atoms with van der Waals surface area (Å²) in [6.45, 7) is 0. The summed E-state index contributed by atoms with van der Waals surface area (Å²) in [7, 11) is 0. The van der Waals surface area contributed by atoms with Crippen molar-refractivity contribution in [2.24, 2.45) is 0 Å². The van der Waals surface area contributed by atoms with Gasteiger partial charge in [0, 0.05) is 26.7 Å². The summed E-state index contributed by atoms with van der Waals surface area (Å²) in [5, 5.41) is 4.95. The van der Waals surface area contributed by atoms with Crippen LogP contribution in [0.15, 0.2) is 182 Å². The summed E-state index contributed by atoms with van der Waals surface area (Å²) >= 11 is 1.76. The smallest absolute Gasteiger partial charge is 0.124 e. The highest BCUT2D eigenvalue weighted by Gasteiger charge is 2.20. The molecule has 0 aliphatic heterocycles. The zero-order chi connectivity index (χ0) is 31.9. The van der Waals surface area contributed by atoms with Crippen LogP contribution in [0, 0.1) is 0 Å². The Morgan fingerprint density at radius 2 is 1.04 bits per heavy atom. The van der Waals surface area contributed by atoms with Gasteiger partial charge in [0.25, 0.3) is 0 Å². The van der Waals surface area contributed by atoms with Gasteiger partial charge in [-0.25, -0.2) is 4.98 Å². The van der Waals surface area contributed by atoms with Gasteiger partial charge in [-0.15, -0.1) is 11.3 Å². The highest BCUT2D eigenvalue weighted by Crippen LogP contribution is 2.45. The number of fused-ring (bicyclic) bond motifs is 5. The van der Waals surface area contributed by atoms with E-state index < -0.39 is 0 Å². The number of nitrogens with zero attached hydrogens (tertiary/aromatic N) is 2. The van der Waals surface area contributed by atoms with Crippen LogP contribution in [0.4, 0.5) is 17.1 Å². The molecule has 3 heteroatoms. The molecule has 7 aromatic carbocycles. The number of hydrogen-bond acceptors (Lipinski definition) is 3. The maximum absolute atomic E-state index is 5.11. The second-order valence-electron chi connectivity index (χ2n) is 12.0. The van der Waals surface area contributed by atoms with Crippen LogP contribution in [0.3, 0.4) is 0 Å². The molecule has 0 amide bonds. The number of pyridine rings is 1. The Morgan fingerprint density at radius 3 is 1.77 bits per heavy atom. The van der Waals surface area contributed by atoms with E-state index in [1.165, 1.54) is 48.5 Å². The largest absolute Gasteiger partial charge is 0.308 e. The van der Waals surface area contributed by atoms with Gasteiger partial charge < -0.3 is 4.90 Å². The Bertz CT molecular complexity index is 2540. The molecule has 9 rings (SSSR count). The summed E-state index contributed by atoms with van der Waals surface area (Å²) in [5.41, 5.74) is 10.3. The molecule has 0 aliphatic carbocycles. The third kappa shape index (κ3) is 5.02. The Labute approximate surface area is 283 Å². The number of thiophene rings is 1. The van der Waals surface area contributed by atoms with Crippen molar-refractivity contribution >= 4 is 59.5 Å². The Hall–Kier alpha value is -6.03. The van der Waals surface area contributed by atoms with Crippen LogP contribution in [-0.2, 0) is 0 Å². The van der Waals surface area contributed by atoms with E-state index in [0.717, 1.165) is 33.0 Å². The first-order valence-electron chi connectivity index (χ1n) is 16.2. The minimum Gasteiger partial charge on any atom is -0.308 e. The third-order valence-corrected chi connectivity index (χ3v) is 10.2. The van der Waals surface area contributed by atoms with Gasteiger partial charge in [-0.3, -0.25) is 0 Å². The van der Waals surface area contributed by atoms with Crippen LogP contribution >= 0.6 is 11.3 Å². The molecular weight excluding hydrogens is 601 g/mol. The van der Waals surface area contributed by atoms with Gasteiger partial charge in [0.1, 0.15) is 4.83 Å². The highest BCUT2D eigenvalue weighted by atomic mass is 32.1. The number of anilines is 3. The molecule has 0 aliphatic rings. The van der Waals surface area contributed by atoms with Crippen LogP contribution in [0.2, 0.25) is 0 Å². The second kappa shape index (κ2) is 12.0. The average molecular weight is 631 g/mol. The van der Waals surface area contributed by atoms with Crippen molar-refractivity contribution in [3.05, 3.63) is 182 Å². The number of hydrogen-bond donors (Lipinski definition) is 0. The van der Waals surface area contributed by atoms with Crippen LogP contribution in [0.25, 0.3) is 64.5 Å². The summed E-state index contributed by atoms with van der Waals surface area (Å²) in [6.07, 6.45) is 2.03. The van der Waals surface area contributed by atoms with Crippen molar-refractivity contribution in [2.75, 3.05) is 4.90 Å². The molecule has 0 unspecified atom stereocenters. The van der Waals surface area contributed by atoms with Gasteiger partial charge in [-0.05, 0) is 75.0 Å². The fourth-order valence-corrected chi connectivity index (χ4v) is 7.84. The van der Waals surface area contributed by atoms with Gasteiger partial charge in [0.05, 0.1) is 17.6 Å². The Morgan fingerprint density at radius 1 is 0.438 bits per heavy atom. The molecule has 48 heavy (non-hydrogen) atoms. The van der Waals surface area contributed by atoms with Crippen molar-refractivity contribution < 1.29 is 0 Å². The summed E-state index contributed by atoms with van der Waals surface area (Å²) < 4.78 is 1.25. The molecule has 0 fully saturated rings. The first-order valence-corrected chi connectivity index (χ1v) is 17.0. The third-order valence-electron chi connectivity index (χ3n) is 9.12. The number of aromatic nitrogens is 1. The minimum atomic E-state index is 1.02. The lowest BCUT2D eigenvalue weighted by molar-refractivity contribution is 1.26. The second-order valence-corrected chi connectivity index (χ2v) is 13.1. The van der Waals surface area contributed by atoms with E-state index in [1.807, 2.05) is 6.20 Å². The summed E-state index contributed by atoms with van der Waals surface area (Å²) in [6, 6.07) is 63.0. The van der Waals surface area contributed by atoms with Gasteiger partial charge in [0.2, 0.25) is 0 Å². The van der Waals surface area contributed by atoms with Gasteiger partial charge in [-0.1, -0.05) is 140 Å². The number of rotatable bonds is 6. The highest BCUT2D eigenvalue weighted by molar-refractivity contribution is 7.25. The maximum atomic E-state index is 5.11. The average Bonchev–Trinajstić information content (AvgIpc) is 3.55. The normalized spacial score (nSPS) is 11.3. The standard InChI is InChI=1S/C45H30N2S/c1-4-12-31(13-5-1)33-20-24-37(25-21-33)47(38-29-41-44-39-19-11-10-18-35(39)23-27-43(44)48-45(41)46-30-38)42-26-22-36(32-14-6-2-7-15-32)28-40(42)34-16-8-3-9-17-34/h1-30H. The van der Waals surface area contributed by atoms with Gasteiger partial charge >= 0.3 is 0 Å². The Balaban J connectivity index is 1.29. The van der Waals surface area contributed by atoms with E-state index >= 15 is 0 Å². The molecule has 0 bridgehead atoms. The van der Waals surface area contributed by atoms with E-state index in [9.17, 15) is 0 Å². The lowest BCUT2D eigenvalue weighted by Crippen LogP contribution is -2.11. The van der Waals surface area contributed by atoms with Crippen LogP contribution < -0.4 is 4.90 Å². The van der Waals surface area contributed by atoms with E-state index in [-0.39, 0.29) is 0 Å². The van der Waals surface area contributed by atoms with E-state index in [4.69, 9.17) is 4.98 Å². The molecule has 0 spiro atoms. The predicted molar refractivity (Wildman–Crippen MR) is 206 cm³/mol. The molecule has 226 valence electrons. The van der Waals surface area contributed by atoms with Crippen molar-refractivity contribution in [3.63, 3.8) is 0 Å². The monoisotopic (exact) mass is 630 g/mol. The molecule has 0 atom stereocenters. The lowest BCUT2D eigenvalue weighted by atomic mass is 9.96. The fraction of sp³-hybridized carbons (Fsp3) is 0. The molecule has 2 nitrogen and oxygen atoms in total. The predicted octanol–water partition coefficient (Wildman–Crippen LogP) is 13.1. The molecule has 2 aromatic heterocycles. The van der Waals surface area contributed by atoms with E-state index in [0.29, 0.717) is 0 Å². The molecule has 9 aromatic rings. The first-order chi connectivity index (χ1) is 23.8. The molecular formula is C45H30N2S. The molecule has 0 saturated carbocycles. The number of benzene rings is 7. The molecule has 0 N–H and O–H groups in total. The van der Waals surface area contributed by atoms with Gasteiger partial charge in [0.15, 0.2) is 0 Å². The zero-order valence-corrected chi connectivity index (χ0v) is 26.9. The van der Waals surface area contributed by atoms with E-state index in [2.05, 4.69) is 181 Å². The quantitative estimate of drug-likeness (QED) is 0.182. The van der Waals surface area contributed by atoms with Crippen molar-refractivity contribution in [3.8, 4) is 33.4 Å². The van der Waals surface area contributed by atoms with Crippen LogP contribution in [-0.4, -0.2) is 4.98 Å². The Kier molecular flexibility index (Phi) is 7.03. The zero-order valence-electron chi connectivity index (χ0n) is 26.1. The molecule has 0 saturated heterocycles. The summed E-state index contributed by atoms with van der Waals surface area (Å²) in [4.78, 5) is 8.52.